The first kappa shape index (κ1) is 15.0. The Kier molecular flexibility index (Phi) is 4.45. The van der Waals surface area contributed by atoms with Crippen LogP contribution in [0.5, 0.6) is 0 Å². The topological polar surface area (TPSA) is 66.5 Å². The van der Waals surface area contributed by atoms with E-state index in [1.165, 1.54) is 6.07 Å². The van der Waals surface area contributed by atoms with Crippen molar-refractivity contribution in [2.24, 2.45) is 0 Å². The minimum Gasteiger partial charge on any atom is -0.341 e. The molecule has 1 aromatic rings. The number of amides is 1. The van der Waals surface area contributed by atoms with Crippen LogP contribution in [-0.4, -0.2) is 38.4 Å². The van der Waals surface area contributed by atoms with Crippen LogP contribution in [0.4, 0.5) is 0 Å². The van der Waals surface area contributed by atoms with Crippen LogP contribution in [0, 0.1) is 6.92 Å². The molecule has 5 nitrogen and oxygen atoms in total. The second-order valence-electron chi connectivity index (χ2n) is 5.19. The molecule has 1 aliphatic heterocycles. The Morgan fingerprint density at radius 3 is 2.55 bits per heavy atom. The van der Waals surface area contributed by atoms with Gasteiger partial charge in [-0.05, 0) is 44.4 Å². The Bertz CT molecular complexity index is 592. The highest BCUT2D eigenvalue weighted by atomic mass is 32.2. The molecule has 1 amide bonds. The first-order chi connectivity index (χ1) is 9.40. The van der Waals surface area contributed by atoms with Crippen LogP contribution in [0.25, 0.3) is 0 Å². The number of benzene rings is 1. The van der Waals surface area contributed by atoms with Gasteiger partial charge in [-0.25, -0.2) is 8.42 Å². The number of carbonyl (C=O) groups is 1. The highest BCUT2D eigenvalue weighted by Gasteiger charge is 2.27. The summed E-state index contributed by atoms with van der Waals surface area (Å²) in [6.07, 6.45) is 1.98. The average molecular weight is 296 g/mol. The van der Waals surface area contributed by atoms with E-state index in [0.29, 0.717) is 0 Å². The van der Waals surface area contributed by atoms with E-state index in [0.717, 1.165) is 31.5 Å². The van der Waals surface area contributed by atoms with E-state index in [-0.39, 0.29) is 10.8 Å². The lowest BCUT2D eigenvalue weighted by Crippen LogP contribution is -2.45. The summed E-state index contributed by atoms with van der Waals surface area (Å²) < 4.78 is 26.9. The lowest BCUT2D eigenvalue weighted by atomic mass is 10.2. The Morgan fingerprint density at radius 2 is 1.95 bits per heavy atom. The van der Waals surface area contributed by atoms with Crippen molar-refractivity contribution in [2.75, 3.05) is 13.1 Å². The monoisotopic (exact) mass is 296 g/mol. The molecule has 1 aliphatic rings. The molecule has 1 fully saturated rings. The fourth-order valence-electron chi connectivity index (χ4n) is 2.35. The predicted octanol–water partition coefficient (Wildman–Crippen LogP) is 1.28. The van der Waals surface area contributed by atoms with E-state index in [1.54, 1.807) is 24.0 Å². The third-order valence-corrected chi connectivity index (χ3v) is 4.96. The van der Waals surface area contributed by atoms with Crippen LogP contribution in [0.3, 0.4) is 0 Å². The normalized spacial score (nSPS) is 17.2. The van der Waals surface area contributed by atoms with Gasteiger partial charge in [0.05, 0.1) is 10.9 Å². The standard InChI is InChI=1S/C14H20N2O3S/c1-11-6-5-7-13(10-11)20(18,19)15-12(2)14(17)16-8-3-4-9-16/h5-7,10,12,15H,3-4,8-9H2,1-2H3/t12-/m1/s1. The number of sulfonamides is 1. The molecule has 110 valence electrons. The largest absolute Gasteiger partial charge is 0.341 e. The van der Waals surface area contributed by atoms with Crippen LogP contribution >= 0.6 is 0 Å². The Hall–Kier alpha value is -1.40. The number of hydrogen-bond acceptors (Lipinski definition) is 3. The van der Waals surface area contributed by atoms with E-state index in [1.807, 2.05) is 13.0 Å². The first-order valence-corrected chi connectivity index (χ1v) is 8.26. The summed E-state index contributed by atoms with van der Waals surface area (Å²) in [5, 5.41) is 0. The summed E-state index contributed by atoms with van der Waals surface area (Å²) in [6.45, 7) is 4.86. The molecule has 1 N–H and O–H groups in total. The highest BCUT2D eigenvalue weighted by Crippen LogP contribution is 2.13. The van der Waals surface area contributed by atoms with Gasteiger partial charge in [0.2, 0.25) is 15.9 Å². The Morgan fingerprint density at radius 1 is 1.30 bits per heavy atom. The number of nitrogens with one attached hydrogen (secondary N) is 1. The molecule has 1 saturated heterocycles. The number of carbonyl (C=O) groups excluding carboxylic acids is 1. The SMILES string of the molecule is Cc1cccc(S(=O)(=O)N[C@H](C)C(=O)N2CCCC2)c1. The quantitative estimate of drug-likeness (QED) is 0.910. The Labute approximate surface area is 120 Å². The van der Waals surface area contributed by atoms with Gasteiger partial charge in [0.1, 0.15) is 0 Å². The third kappa shape index (κ3) is 3.37. The summed E-state index contributed by atoms with van der Waals surface area (Å²) in [6, 6.07) is 5.91. The van der Waals surface area contributed by atoms with Crippen LogP contribution in [0.1, 0.15) is 25.3 Å². The van der Waals surface area contributed by atoms with Gasteiger partial charge in [0.15, 0.2) is 0 Å². The second-order valence-corrected chi connectivity index (χ2v) is 6.91. The first-order valence-electron chi connectivity index (χ1n) is 6.78. The van der Waals surface area contributed by atoms with E-state index < -0.39 is 16.1 Å². The molecule has 2 rings (SSSR count). The molecule has 20 heavy (non-hydrogen) atoms. The van der Waals surface area contributed by atoms with Gasteiger partial charge in [-0.3, -0.25) is 4.79 Å². The maximum absolute atomic E-state index is 12.2. The summed E-state index contributed by atoms with van der Waals surface area (Å²) in [5.74, 6) is -0.154. The number of nitrogens with zero attached hydrogens (tertiary/aromatic N) is 1. The summed E-state index contributed by atoms with van der Waals surface area (Å²) in [7, 11) is -3.65. The zero-order valence-electron chi connectivity index (χ0n) is 11.8. The molecule has 6 heteroatoms. The Balaban J connectivity index is 2.09. The molecule has 0 aromatic heterocycles. The summed E-state index contributed by atoms with van der Waals surface area (Å²) in [5.41, 5.74) is 0.867. The van der Waals surface area contributed by atoms with Crippen molar-refractivity contribution in [2.45, 2.75) is 37.6 Å². The van der Waals surface area contributed by atoms with Gasteiger partial charge >= 0.3 is 0 Å². The van der Waals surface area contributed by atoms with Crippen molar-refractivity contribution in [3.63, 3.8) is 0 Å². The molecule has 0 aliphatic carbocycles. The van der Waals surface area contributed by atoms with Crippen LogP contribution in [-0.2, 0) is 14.8 Å². The predicted molar refractivity (Wildman–Crippen MR) is 76.8 cm³/mol. The molecule has 0 spiro atoms. The van der Waals surface area contributed by atoms with E-state index >= 15 is 0 Å². The molecule has 0 bridgehead atoms. The van der Waals surface area contributed by atoms with Gasteiger partial charge in [-0.2, -0.15) is 4.72 Å². The van der Waals surface area contributed by atoms with Gasteiger partial charge in [0, 0.05) is 13.1 Å². The van der Waals surface area contributed by atoms with Gasteiger partial charge < -0.3 is 4.90 Å². The lowest BCUT2D eigenvalue weighted by molar-refractivity contribution is -0.131. The molecule has 0 unspecified atom stereocenters. The number of hydrogen-bond donors (Lipinski definition) is 1. The van der Waals surface area contributed by atoms with E-state index in [9.17, 15) is 13.2 Å². The smallest absolute Gasteiger partial charge is 0.241 e. The third-order valence-electron chi connectivity index (χ3n) is 3.42. The fourth-order valence-corrected chi connectivity index (χ4v) is 3.65. The molecule has 0 radical (unpaired) electrons. The van der Waals surface area contributed by atoms with Crippen molar-refractivity contribution in [1.82, 2.24) is 9.62 Å². The summed E-state index contributed by atoms with van der Waals surface area (Å²) in [4.78, 5) is 14.0. The average Bonchev–Trinajstić information content (AvgIpc) is 2.91. The second kappa shape index (κ2) is 5.93. The fraction of sp³-hybridized carbons (Fsp3) is 0.500. The lowest BCUT2D eigenvalue weighted by Gasteiger charge is -2.21. The van der Waals surface area contributed by atoms with Crippen molar-refractivity contribution in [3.8, 4) is 0 Å². The molecule has 1 heterocycles. The molecule has 1 aromatic carbocycles. The highest BCUT2D eigenvalue weighted by molar-refractivity contribution is 7.89. The van der Waals surface area contributed by atoms with E-state index in [2.05, 4.69) is 4.72 Å². The van der Waals surface area contributed by atoms with Crippen molar-refractivity contribution >= 4 is 15.9 Å². The minimum atomic E-state index is -3.65. The molecular weight excluding hydrogens is 276 g/mol. The molecule has 1 atom stereocenters. The maximum atomic E-state index is 12.2. The van der Waals surface area contributed by atoms with Gasteiger partial charge in [0.25, 0.3) is 0 Å². The van der Waals surface area contributed by atoms with Crippen LogP contribution in [0.2, 0.25) is 0 Å². The van der Waals surface area contributed by atoms with Gasteiger partial charge in [-0.1, -0.05) is 12.1 Å². The van der Waals surface area contributed by atoms with Crippen molar-refractivity contribution < 1.29 is 13.2 Å². The zero-order valence-corrected chi connectivity index (χ0v) is 12.6. The van der Waals surface area contributed by atoms with Crippen molar-refractivity contribution in [1.29, 1.82) is 0 Å². The van der Waals surface area contributed by atoms with E-state index in [4.69, 9.17) is 0 Å². The number of aryl methyl sites for hydroxylation is 1. The zero-order chi connectivity index (χ0) is 14.8. The maximum Gasteiger partial charge on any atom is 0.241 e. The minimum absolute atomic E-state index is 0.154. The van der Waals surface area contributed by atoms with Gasteiger partial charge in [-0.15, -0.1) is 0 Å². The molecular formula is C14H20N2O3S. The molecule has 0 saturated carbocycles. The van der Waals surface area contributed by atoms with Crippen LogP contribution < -0.4 is 4.72 Å². The number of rotatable bonds is 4. The number of likely N-dealkylation sites (tertiary alicyclic amines) is 1. The summed E-state index contributed by atoms with van der Waals surface area (Å²) >= 11 is 0. The van der Waals surface area contributed by atoms with Crippen molar-refractivity contribution in [3.05, 3.63) is 29.8 Å². The van der Waals surface area contributed by atoms with Crippen LogP contribution in [0.15, 0.2) is 29.2 Å².